The van der Waals surface area contributed by atoms with Crippen LogP contribution in [0.15, 0.2) is 18.3 Å². The number of aromatic nitrogens is 1. The third-order valence-corrected chi connectivity index (χ3v) is 2.65. The van der Waals surface area contributed by atoms with Crippen molar-refractivity contribution in [3.63, 3.8) is 0 Å². The van der Waals surface area contributed by atoms with Gasteiger partial charge in [0, 0.05) is 18.3 Å². The van der Waals surface area contributed by atoms with E-state index < -0.39 is 0 Å². The Kier molecular flexibility index (Phi) is 5.43. The van der Waals surface area contributed by atoms with E-state index in [0.717, 1.165) is 25.1 Å². The molecule has 3 heteroatoms. The summed E-state index contributed by atoms with van der Waals surface area (Å²) < 4.78 is 0. The fourth-order valence-electron chi connectivity index (χ4n) is 1.54. The van der Waals surface area contributed by atoms with Crippen LogP contribution in [0.4, 0.5) is 0 Å². The maximum Gasteiger partial charge on any atom is 0.0607 e. The zero-order chi connectivity index (χ0) is 12.0. The van der Waals surface area contributed by atoms with Crippen molar-refractivity contribution in [3.8, 4) is 0 Å². The molecule has 0 aliphatic heterocycles. The normalized spacial score (nSPS) is 13.1. The monoisotopic (exact) mass is 222 g/mol. The maximum absolute atomic E-state index is 9.81. The number of aliphatic hydroxyl groups is 1. The highest BCUT2D eigenvalue weighted by Gasteiger charge is 2.06. The van der Waals surface area contributed by atoms with Gasteiger partial charge in [-0.15, -0.1) is 0 Å². The summed E-state index contributed by atoms with van der Waals surface area (Å²) in [5.74, 6) is 0. The third kappa shape index (κ3) is 4.73. The molecule has 3 nitrogen and oxygen atoms in total. The SMILES string of the molecule is CCc1ccc(CC(O)CCN(C)C)nc1. The van der Waals surface area contributed by atoms with E-state index in [1.54, 1.807) is 0 Å². The van der Waals surface area contributed by atoms with Crippen molar-refractivity contribution >= 4 is 0 Å². The van der Waals surface area contributed by atoms with Gasteiger partial charge in [0.05, 0.1) is 6.10 Å². The first-order valence-corrected chi connectivity index (χ1v) is 5.88. The van der Waals surface area contributed by atoms with Crippen LogP contribution in [0.1, 0.15) is 24.6 Å². The summed E-state index contributed by atoms with van der Waals surface area (Å²) in [6, 6.07) is 4.10. The summed E-state index contributed by atoms with van der Waals surface area (Å²) >= 11 is 0. The Balaban J connectivity index is 2.40. The van der Waals surface area contributed by atoms with Crippen molar-refractivity contribution in [2.24, 2.45) is 0 Å². The predicted octanol–water partition coefficient (Wildman–Crippen LogP) is 1.50. The van der Waals surface area contributed by atoms with Crippen LogP contribution in [0.5, 0.6) is 0 Å². The lowest BCUT2D eigenvalue weighted by Gasteiger charge is -2.14. The molecule has 1 unspecified atom stereocenters. The molecular weight excluding hydrogens is 200 g/mol. The van der Waals surface area contributed by atoms with Crippen molar-refractivity contribution in [2.75, 3.05) is 20.6 Å². The molecule has 0 spiro atoms. The zero-order valence-electron chi connectivity index (χ0n) is 10.5. The second-order valence-electron chi connectivity index (χ2n) is 4.46. The highest BCUT2D eigenvalue weighted by atomic mass is 16.3. The van der Waals surface area contributed by atoms with Gasteiger partial charge in [0.25, 0.3) is 0 Å². The number of aryl methyl sites for hydroxylation is 1. The summed E-state index contributed by atoms with van der Waals surface area (Å²) in [5.41, 5.74) is 2.22. The first-order valence-electron chi connectivity index (χ1n) is 5.88. The largest absolute Gasteiger partial charge is 0.393 e. The highest BCUT2D eigenvalue weighted by Crippen LogP contribution is 2.06. The minimum Gasteiger partial charge on any atom is -0.393 e. The average Bonchev–Trinajstić information content (AvgIpc) is 2.27. The number of nitrogens with zero attached hydrogens (tertiary/aromatic N) is 2. The number of pyridine rings is 1. The van der Waals surface area contributed by atoms with E-state index in [2.05, 4.69) is 22.9 Å². The Bertz CT molecular complexity index is 295. The third-order valence-electron chi connectivity index (χ3n) is 2.65. The summed E-state index contributed by atoms with van der Waals surface area (Å²) in [4.78, 5) is 6.42. The lowest BCUT2D eigenvalue weighted by atomic mass is 10.1. The molecule has 0 aliphatic carbocycles. The number of rotatable bonds is 6. The van der Waals surface area contributed by atoms with Gasteiger partial charge in [-0.25, -0.2) is 0 Å². The molecule has 1 aromatic heterocycles. The van der Waals surface area contributed by atoms with Crippen LogP contribution in [0, 0.1) is 0 Å². The molecule has 0 aliphatic rings. The van der Waals surface area contributed by atoms with Crippen LogP contribution >= 0.6 is 0 Å². The Morgan fingerprint density at radius 2 is 2.12 bits per heavy atom. The number of hydrogen-bond acceptors (Lipinski definition) is 3. The molecule has 0 saturated heterocycles. The predicted molar refractivity (Wildman–Crippen MR) is 66.5 cm³/mol. The van der Waals surface area contributed by atoms with Crippen LogP contribution in [0.2, 0.25) is 0 Å². The lowest BCUT2D eigenvalue weighted by molar-refractivity contribution is 0.151. The molecule has 0 aromatic carbocycles. The zero-order valence-corrected chi connectivity index (χ0v) is 10.5. The topological polar surface area (TPSA) is 36.4 Å². The molecule has 1 heterocycles. The Labute approximate surface area is 98.1 Å². The van der Waals surface area contributed by atoms with Crippen LogP contribution in [0.25, 0.3) is 0 Å². The molecule has 1 aromatic rings. The lowest BCUT2D eigenvalue weighted by Crippen LogP contribution is -2.21. The Morgan fingerprint density at radius 3 is 2.62 bits per heavy atom. The molecule has 0 fully saturated rings. The Morgan fingerprint density at radius 1 is 1.38 bits per heavy atom. The fourth-order valence-corrected chi connectivity index (χ4v) is 1.54. The van der Waals surface area contributed by atoms with Gasteiger partial charge in [-0.2, -0.15) is 0 Å². The van der Waals surface area contributed by atoms with Crippen LogP contribution in [0.3, 0.4) is 0 Å². The fraction of sp³-hybridized carbons (Fsp3) is 0.615. The second kappa shape index (κ2) is 6.61. The van der Waals surface area contributed by atoms with Crippen LogP contribution in [-0.2, 0) is 12.8 Å². The van der Waals surface area contributed by atoms with Gasteiger partial charge in [0.2, 0.25) is 0 Å². The van der Waals surface area contributed by atoms with Crippen molar-refractivity contribution < 1.29 is 5.11 Å². The quantitative estimate of drug-likeness (QED) is 0.792. The summed E-state index contributed by atoms with van der Waals surface area (Å²) in [7, 11) is 4.03. The molecule has 16 heavy (non-hydrogen) atoms. The minimum absolute atomic E-state index is 0.289. The van der Waals surface area contributed by atoms with Gasteiger partial charge in [0.1, 0.15) is 0 Å². The summed E-state index contributed by atoms with van der Waals surface area (Å²) in [5, 5.41) is 9.81. The van der Waals surface area contributed by atoms with E-state index >= 15 is 0 Å². The number of hydrogen-bond donors (Lipinski definition) is 1. The van der Waals surface area contributed by atoms with Gasteiger partial charge < -0.3 is 10.0 Å². The smallest absolute Gasteiger partial charge is 0.0607 e. The molecule has 0 amide bonds. The Hall–Kier alpha value is -0.930. The first-order chi connectivity index (χ1) is 7.61. The first kappa shape index (κ1) is 13.1. The molecule has 1 rings (SSSR count). The molecule has 90 valence electrons. The number of aliphatic hydroxyl groups excluding tert-OH is 1. The maximum atomic E-state index is 9.81. The van der Waals surface area contributed by atoms with E-state index in [0.29, 0.717) is 6.42 Å². The molecule has 0 bridgehead atoms. The minimum atomic E-state index is -0.289. The molecule has 0 radical (unpaired) electrons. The highest BCUT2D eigenvalue weighted by molar-refractivity contribution is 5.14. The summed E-state index contributed by atoms with van der Waals surface area (Å²) in [6.07, 6.45) is 4.06. The van der Waals surface area contributed by atoms with Crippen LogP contribution in [-0.4, -0.2) is 41.7 Å². The van der Waals surface area contributed by atoms with Crippen molar-refractivity contribution in [2.45, 2.75) is 32.3 Å². The standard InChI is InChI=1S/C13H22N2O/c1-4-11-5-6-12(14-10-11)9-13(16)7-8-15(2)3/h5-6,10,13,16H,4,7-9H2,1-3H3. The van der Waals surface area contributed by atoms with E-state index in [4.69, 9.17) is 0 Å². The average molecular weight is 222 g/mol. The van der Waals surface area contributed by atoms with Crippen molar-refractivity contribution in [1.82, 2.24) is 9.88 Å². The molecule has 0 saturated carbocycles. The molecule has 1 N–H and O–H groups in total. The van der Waals surface area contributed by atoms with Gasteiger partial charge in [-0.3, -0.25) is 4.98 Å². The van der Waals surface area contributed by atoms with Gasteiger partial charge in [-0.05, 0) is 45.1 Å². The van der Waals surface area contributed by atoms with Gasteiger partial charge in [0.15, 0.2) is 0 Å². The van der Waals surface area contributed by atoms with Crippen molar-refractivity contribution in [3.05, 3.63) is 29.6 Å². The molecule has 1 atom stereocenters. The van der Waals surface area contributed by atoms with E-state index in [9.17, 15) is 5.11 Å². The van der Waals surface area contributed by atoms with Crippen LogP contribution < -0.4 is 0 Å². The second-order valence-corrected chi connectivity index (χ2v) is 4.46. The van der Waals surface area contributed by atoms with E-state index in [1.165, 1.54) is 5.56 Å². The van der Waals surface area contributed by atoms with Gasteiger partial charge >= 0.3 is 0 Å². The van der Waals surface area contributed by atoms with Gasteiger partial charge in [-0.1, -0.05) is 13.0 Å². The molecular formula is C13H22N2O. The van der Waals surface area contributed by atoms with E-state index in [-0.39, 0.29) is 6.10 Å². The van der Waals surface area contributed by atoms with Crippen molar-refractivity contribution in [1.29, 1.82) is 0 Å². The summed E-state index contributed by atoms with van der Waals surface area (Å²) in [6.45, 7) is 3.02. The van der Waals surface area contributed by atoms with E-state index in [1.807, 2.05) is 26.4 Å².